The molecule has 1 aliphatic carbocycles. The van der Waals surface area contributed by atoms with Crippen molar-refractivity contribution >= 4 is 11.8 Å². The van der Waals surface area contributed by atoms with Gasteiger partial charge in [0.2, 0.25) is 5.91 Å². The number of nitrogens with two attached hydrogens (primary N) is 1. The Labute approximate surface area is 145 Å². The van der Waals surface area contributed by atoms with Gasteiger partial charge in [0.05, 0.1) is 11.6 Å². The smallest absolute Gasteiger partial charge is 0.255 e. The third kappa shape index (κ3) is 3.47. The van der Waals surface area contributed by atoms with Crippen LogP contribution >= 0.6 is 0 Å². The Morgan fingerprint density at radius 2 is 2.00 bits per heavy atom. The molecule has 1 aromatic carbocycles. The molecule has 0 spiro atoms. The van der Waals surface area contributed by atoms with Crippen molar-refractivity contribution in [2.24, 2.45) is 11.7 Å². The first-order valence-corrected chi connectivity index (χ1v) is 8.36. The van der Waals surface area contributed by atoms with E-state index in [4.69, 9.17) is 5.73 Å². The van der Waals surface area contributed by atoms with E-state index >= 15 is 0 Å². The number of carbonyl (C=O) groups excluding carboxylic acids is 2. The molecule has 1 aromatic heterocycles. The molecule has 0 bridgehead atoms. The van der Waals surface area contributed by atoms with Crippen LogP contribution in [0.5, 0.6) is 0 Å². The summed E-state index contributed by atoms with van der Waals surface area (Å²) in [6, 6.07) is 9.94. The zero-order chi connectivity index (χ0) is 18.0. The number of hydrogen-bond donors (Lipinski definition) is 2. The molecule has 6 nitrogen and oxygen atoms in total. The zero-order valence-electron chi connectivity index (χ0n) is 14.1. The maximum absolute atomic E-state index is 12.5. The molecule has 2 unspecified atom stereocenters. The van der Waals surface area contributed by atoms with E-state index in [1.807, 2.05) is 6.92 Å². The minimum Gasteiger partial charge on any atom is -0.369 e. The van der Waals surface area contributed by atoms with E-state index in [-0.39, 0.29) is 29.3 Å². The van der Waals surface area contributed by atoms with Crippen LogP contribution in [0.25, 0.3) is 5.69 Å². The van der Waals surface area contributed by atoms with Crippen LogP contribution in [-0.2, 0) is 4.79 Å². The number of aryl methyl sites for hydroxylation is 1. The number of aromatic nitrogens is 1. The Kier molecular flexibility index (Phi) is 4.70. The highest BCUT2D eigenvalue weighted by Gasteiger charge is 2.32. The lowest BCUT2D eigenvalue weighted by molar-refractivity contribution is -0.122. The molecule has 1 aliphatic rings. The number of benzene rings is 1. The van der Waals surface area contributed by atoms with E-state index in [9.17, 15) is 14.4 Å². The van der Waals surface area contributed by atoms with Crippen LogP contribution in [0.3, 0.4) is 0 Å². The third-order valence-electron chi connectivity index (χ3n) is 4.74. The van der Waals surface area contributed by atoms with Crippen molar-refractivity contribution in [1.29, 1.82) is 0 Å². The fourth-order valence-corrected chi connectivity index (χ4v) is 3.42. The Hall–Kier alpha value is -2.89. The number of rotatable bonds is 4. The molecule has 0 aliphatic heterocycles. The summed E-state index contributed by atoms with van der Waals surface area (Å²) in [5.74, 6) is -0.891. The molecule has 1 fully saturated rings. The van der Waals surface area contributed by atoms with Crippen molar-refractivity contribution in [3.8, 4) is 5.69 Å². The van der Waals surface area contributed by atoms with E-state index in [0.29, 0.717) is 5.56 Å². The van der Waals surface area contributed by atoms with Gasteiger partial charge in [0, 0.05) is 23.9 Å². The van der Waals surface area contributed by atoms with Crippen molar-refractivity contribution in [2.75, 3.05) is 0 Å². The first-order valence-electron chi connectivity index (χ1n) is 8.36. The number of primary amides is 1. The van der Waals surface area contributed by atoms with Crippen LogP contribution in [0.2, 0.25) is 0 Å². The molecule has 2 atom stereocenters. The summed E-state index contributed by atoms with van der Waals surface area (Å²) < 4.78 is 1.54. The van der Waals surface area contributed by atoms with Gasteiger partial charge in [-0.3, -0.25) is 19.0 Å². The van der Waals surface area contributed by atoms with E-state index in [2.05, 4.69) is 5.32 Å². The van der Waals surface area contributed by atoms with Crippen molar-refractivity contribution in [2.45, 2.75) is 32.2 Å². The summed E-state index contributed by atoms with van der Waals surface area (Å²) >= 11 is 0. The Morgan fingerprint density at radius 1 is 1.20 bits per heavy atom. The number of nitrogens with one attached hydrogen (secondary N) is 1. The quantitative estimate of drug-likeness (QED) is 0.884. The summed E-state index contributed by atoms with van der Waals surface area (Å²) in [6.45, 7) is 1.85. The minimum atomic E-state index is -0.363. The highest BCUT2D eigenvalue weighted by molar-refractivity contribution is 5.95. The molecule has 2 aromatic rings. The number of amides is 2. The Bertz CT molecular complexity index is 872. The van der Waals surface area contributed by atoms with Gasteiger partial charge in [-0.05, 0) is 49.6 Å². The monoisotopic (exact) mass is 339 g/mol. The molecule has 3 rings (SSSR count). The van der Waals surface area contributed by atoms with Gasteiger partial charge < -0.3 is 11.1 Å². The van der Waals surface area contributed by atoms with Crippen LogP contribution in [0, 0.1) is 12.8 Å². The Balaban J connectivity index is 1.81. The second-order valence-corrected chi connectivity index (χ2v) is 6.43. The predicted octanol–water partition coefficient (Wildman–Crippen LogP) is 1.53. The average molecular weight is 339 g/mol. The molecular weight excluding hydrogens is 318 g/mol. The third-order valence-corrected chi connectivity index (χ3v) is 4.74. The fourth-order valence-electron chi connectivity index (χ4n) is 3.42. The van der Waals surface area contributed by atoms with Crippen LogP contribution in [0.4, 0.5) is 0 Å². The highest BCUT2D eigenvalue weighted by atomic mass is 16.2. The first kappa shape index (κ1) is 17.0. The normalized spacial score (nSPS) is 19.6. The maximum atomic E-state index is 12.5. The van der Waals surface area contributed by atoms with Gasteiger partial charge in [0.1, 0.15) is 0 Å². The van der Waals surface area contributed by atoms with Crippen molar-refractivity contribution in [3.05, 3.63) is 64.1 Å². The second-order valence-electron chi connectivity index (χ2n) is 6.43. The molecule has 130 valence electrons. The fraction of sp³-hybridized carbons (Fsp3) is 0.316. The van der Waals surface area contributed by atoms with E-state index in [1.165, 1.54) is 10.6 Å². The second kappa shape index (κ2) is 6.93. The van der Waals surface area contributed by atoms with E-state index < -0.39 is 0 Å². The van der Waals surface area contributed by atoms with Gasteiger partial charge in [-0.2, -0.15) is 0 Å². The summed E-state index contributed by atoms with van der Waals surface area (Å²) in [6.07, 6.45) is 4.05. The molecule has 6 heteroatoms. The van der Waals surface area contributed by atoms with Crippen LogP contribution in [0.1, 0.15) is 35.2 Å². The zero-order valence-corrected chi connectivity index (χ0v) is 14.1. The average Bonchev–Trinajstić information content (AvgIpc) is 3.04. The van der Waals surface area contributed by atoms with Crippen LogP contribution in [0.15, 0.2) is 47.4 Å². The Morgan fingerprint density at radius 3 is 2.68 bits per heavy atom. The lowest BCUT2D eigenvalue weighted by Crippen LogP contribution is -2.42. The van der Waals surface area contributed by atoms with E-state index in [0.717, 1.165) is 30.5 Å². The van der Waals surface area contributed by atoms with Gasteiger partial charge >= 0.3 is 0 Å². The van der Waals surface area contributed by atoms with Crippen molar-refractivity contribution in [1.82, 2.24) is 9.88 Å². The van der Waals surface area contributed by atoms with Gasteiger partial charge in [-0.15, -0.1) is 0 Å². The van der Waals surface area contributed by atoms with Gasteiger partial charge in [-0.25, -0.2) is 0 Å². The topological polar surface area (TPSA) is 94.2 Å². The number of carbonyl (C=O) groups is 2. The molecule has 0 saturated heterocycles. The molecule has 25 heavy (non-hydrogen) atoms. The summed E-state index contributed by atoms with van der Waals surface area (Å²) in [7, 11) is 0. The molecular formula is C19H21N3O3. The minimum absolute atomic E-state index is 0.127. The van der Waals surface area contributed by atoms with Gasteiger partial charge in [0.15, 0.2) is 0 Å². The molecule has 1 saturated carbocycles. The number of hydrogen-bond acceptors (Lipinski definition) is 3. The number of nitrogens with zero attached hydrogens (tertiary/aromatic N) is 1. The van der Waals surface area contributed by atoms with Crippen LogP contribution < -0.4 is 16.6 Å². The summed E-state index contributed by atoms with van der Waals surface area (Å²) in [5.41, 5.74) is 7.33. The standard InChI is InChI=1S/C19H21N3O3/c1-12-11-13(8-9-16(12)22-10-3-2-7-17(22)23)19(25)21-15-6-4-5-14(15)18(20)24/h2-3,7-11,14-15H,4-6H2,1H3,(H2,20,24)(H,21,25). The van der Waals surface area contributed by atoms with Gasteiger partial charge in [-0.1, -0.05) is 12.5 Å². The van der Waals surface area contributed by atoms with Crippen molar-refractivity contribution < 1.29 is 9.59 Å². The van der Waals surface area contributed by atoms with Gasteiger partial charge in [0.25, 0.3) is 11.5 Å². The summed E-state index contributed by atoms with van der Waals surface area (Å²) in [4.78, 5) is 35.9. The van der Waals surface area contributed by atoms with Crippen LogP contribution in [-0.4, -0.2) is 22.4 Å². The molecule has 2 amide bonds. The maximum Gasteiger partial charge on any atom is 0.255 e. The van der Waals surface area contributed by atoms with E-state index in [1.54, 1.807) is 36.5 Å². The molecule has 1 heterocycles. The van der Waals surface area contributed by atoms with Crippen molar-refractivity contribution in [3.63, 3.8) is 0 Å². The number of pyridine rings is 1. The lowest BCUT2D eigenvalue weighted by atomic mass is 10.0. The predicted molar refractivity (Wildman–Crippen MR) is 94.6 cm³/mol. The summed E-state index contributed by atoms with van der Waals surface area (Å²) in [5, 5.41) is 2.92. The SMILES string of the molecule is Cc1cc(C(=O)NC2CCCC2C(N)=O)ccc1-n1ccccc1=O. The highest BCUT2D eigenvalue weighted by Crippen LogP contribution is 2.25. The first-order chi connectivity index (χ1) is 12.0. The largest absolute Gasteiger partial charge is 0.369 e. The lowest BCUT2D eigenvalue weighted by Gasteiger charge is -2.19. The molecule has 3 N–H and O–H groups in total. The molecule has 0 radical (unpaired) electrons.